The summed E-state index contributed by atoms with van der Waals surface area (Å²) in [6.07, 6.45) is 0. The van der Waals surface area contributed by atoms with Gasteiger partial charge in [0.05, 0.1) is 4.90 Å². The Hall–Kier alpha value is -1.05. The van der Waals surface area contributed by atoms with E-state index in [-0.39, 0.29) is 35.2 Å². The number of rotatable bonds is 3. The van der Waals surface area contributed by atoms with Crippen LogP contribution in [0.5, 0.6) is 0 Å². The summed E-state index contributed by atoms with van der Waals surface area (Å²) in [6, 6.07) is 13.7. The molecule has 0 amide bonds. The van der Waals surface area contributed by atoms with E-state index in [0.717, 1.165) is 5.69 Å². The van der Waals surface area contributed by atoms with Crippen LogP contribution in [0.4, 0.5) is 17.1 Å². The summed E-state index contributed by atoms with van der Waals surface area (Å²) in [5.41, 5.74) is 6.93. The molecular weight excluding hydrogens is 287 g/mol. The van der Waals surface area contributed by atoms with Crippen molar-refractivity contribution in [3.05, 3.63) is 48.5 Å². The molecule has 2 N–H and O–H groups in total. The number of nitrogen functional groups attached to an aromatic ring is 1. The van der Waals surface area contributed by atoms with Gasteiger partial charge in [-0.25, -0.2) is 8.42 Å². The van der Waals surface area contributed by atoms with Crippen molar-refractivity contribution in [1.82, 2.24) is 0 Å². The first-order valence-corrected chi connectivity index (χ1v) is 6.94. The zero-order valence-corrected chi connectivity index (χ0v) is 14.1. The standard InChI is InChI=1S/C13H14N2O3S.Na/c1-15(10-5-3-2-4-6-10)11-7-8-12(14)13(9-11)19(16,17)18;/h2-9H,14H2,1H3,(H,16,17,18);/q;+1/p-1. The summed E-state index contributed by atoms with van der Waals surface area (Å²) in [4.78, 5) is 1.38. The summed E-state index contributed by atoms with van der Waals surface area (Å²) in [6.45, 7) is 0. The number of nitrogens with two attached hydrogens (primary N) is 1. The van der Waals surface area contributed by atoms with E-state index in [4.69, 9.17) is 5.73 Å². The van der Waals surface area contributed by atoms with Gasteiger partial charge in [0.2, 0.25) is 0 Å². The summed E-state index contributed by atoms with van der Waals surface area (Å²) < 4.78 is 33.3. The third kappa shape index (κ3) is 3.74. The zero-order valence-electron chi connectivity index (χ0n) is 11.3. The predicted octanol–water partition coefficient (Wildman–Crippen LogP) is -1.06. The molecule has 20 heavy (non-hydrogen) atoms. The van der Waals surface area contributed by atoms with Crippen molar-refractivity contribution in [1.29, 1.82) is 0 Å². The summed E-state index contributed by atoms with van der Waals surface area (Å²) in [5, 5.41) is 0. The molecule has 0 unspecified atom stereocenters. The minimum Gasteiger partial charge on any atom is -0.744 e. The Kier molecular flexibility index (Phi) is 5.61. The maximum absolute atomic E-state index is 11.1. The van der Waals surface area contributed by atoms with Crippen LogP contribution in [0.25, 0.3) is 0 Å². The molecule has 0 aliphatic carbocycles. The van der Waals surface area contributed by atoms with Gasteiger partial charge >= 0.3 is 29.6 Å². The van der Waals surface area contributed by atoms with Crippen LogP contribution in [-0.4, -0.2) is 20.0 Å². The van der Waals surface area contributed by atoms with Crippen LogP contribution < -0.4 is 40.2 Å². The molecule has 0 aliphatic rings. The molecule has 0 saturated heterocycles. The molecule has 0 bridgehead atoms. The summed E-state index contributed by atoms with van der Waals surface area (Å²) >= 11 is 0. The van der Waals surface area contributed by atoms with Gasteiger partial charge in [-0.1, -0.05) is 18.2 Å². The molecule has 0 aromatic heterocycles. The van der Waals surface area contributed by atoms with Crippen molar-refractivity contribution < 1.29 is 42.5 Å². The minimum absolute atomic E-state index is 0. The topological polar surface area (TPSA) is 86.5 Å². The smallest absolute Gasteiger partial charge is 0.744 e. The first-order chi connectivity index (χ1) is 8.89. The van der Waals surface area contributed by atoms with Crippen molar-refractivity contribution in [2.45, 2.75) is 4.90 Å². The third-order valence-corrected chi connectivity index (χ3v) is 3.69. The molecule has 0 atom stereocenters. The molecule has 0 aliphatic heterocycles. The largest absolute Gasteiger partial charge is 1.00 e. The van der Waals surface area contributed by atoms with Gasteiger partial charge in [0, 0.05) is 24.1 Å². The monoisotopic (exact) mass is 300 g/mol. The molecule has 0 fully saturated rings. The quantitative estimate of drug-likeness (QED) is 0.444. The maximum Gasteiger partial charge on any atom is 1.00 e. The minimum atomic E-state index is -4.57. The number of benzene rings is 2. The molecule has 0 saturated carbocycles. The van der Waals surface area contributed by atoms with Crippen molar-refractivity contribution in [2.75, 3.05) is 17.7 Å². The molecule has 100 valence electrons. The molecule has 5 nitrogen and oxygen atoms in total. The van der Waals surface area contributed by atoms with Crippen molar-refractivity contribution in [3.8, 4) is 0 Å². The van der Waals surface area contributed by atoms with Crippen LogP contribution >= 0.6 is 0 Å². The van der Waals surface area contributed by atoms with Gasteiger partial charge in [0.1, 0.15) is 10.1 Å². The molecule has 7 heteroatoms. The summed E-state index contributed by atoms with van der Waals surface area (Å²) in [5.74, 6) is 0. The summed E-state index contributed by atoms with van der Waals surface area (Å²) in [7, 11) is -2.79. The van der Waals surface area contributed by atoms with Crippen molar-refractivity contribution in [3.63, 3.8) is 0 Å². The number of hydrogen-bond donors (Lipinski definition) is 1. The van der Waals surface area contributed by atoms with Crippen LogP contribution in [0.1, 0.15) is 0 Å². The van der Waals surface area contributed by atoms with Crippen molar-refractivity contribution in [2.24, 2.45) is 0 Å². The van der Waals surface area contributed by atoms with Crippen LogP contribution in [-0.2, 0) is 10.1 Å². The van der Waals surface area contributed by atoms with Gasteiger partial charge in [0.15, 0.2) is 0 Å². The number of nitrogens with zero attached hydrogens (tertiary/aromatic N) is 1. The molecular formula is C13H13N2NaO3S. The van der Waals surface area contributed by atoms with E-state index in [9.17, 15) is 13.0 Å². The van der Waals surface area contributed by atoms with Crippen LogP contribution in [0.15, 0.2) is 53.4 Å². The van der Waals surface area contributed by atoms with Crippen LogP contribution in [0.2, 0.25) is 0 Å². The number of hydrogen-bond acceptors (Lipinski definition) is 5. The Bertz CT molecular complexity index is 690. The van der Waals surface area contributed by atoms with Gasteiger partial charge in [0.25, 0.3) is 0 Å². The van der Waals surface area contributed by atoms with Crippen LogP contribution in [0, 0.1) is 0 Å². The Balaban J connectivity index is 0.00000200. The predicted molar refractivity (Wildman–Crippen MR) is 73.3 cm³/mol. The fourth-order valence-corrected chi connectivity index (χ4v) is 2.37. The average molecular weight is 300 g/mol. The Morgan fingerprint density at radius 2 is 1.65 bits per heavy atom. The normalized spacial score (nSPS) is 10.7. The van der Waals surface area contributed by atoms with Crippen LogP contribution in [0.3, 0.4) is 0 Å². The Morgan fingerprint density at radius 3 is 2.20 bits per heavy atom. The third-order valence-electron chi connectivity index (χ3n) is 2.80. The average Bonchev–Trinajstić information content (AvgIpc) is 2.38. The van der Waals surface area contributed by atoms with E-state index in [0.29, 0.717) is 5.69 Å². The van der Waals surface area contributed by atoms with Crippen molar-refractivity contribution >= 4 is 27.2 Å². The van der Waals surface area contributed by atoms with Gasteiger partial charge in [-0.3, -0.25) is 0 Å². The van der Waals surface area contributed by atoms with E-state index in [1.165, 1.54) is 12.1 Å². The fourth-order valence-electron chi connectivity index (χ4n) is 1.75. The second-order valence-electron chi connectivity index (χ2n) is 4.07. The zero-order chi connectivity index (χ0) is 14.0. The van der Waals surface area contributed by atoms with Gasteiger partial charge in [-0.15, -0.1) is 0 Å². The van der Waals surface area contributed by atoms with Gasteiger partial charge < -0.3 is 15.2 Å². The SMILES string of the molecule is CN(c1ccccc1)c1ccc(N)c(S(=O)(=O)[O-])c1.[Na+]. The number of para-hydroxylation sites is 1. The van der Waals surface area contributed by atoms with E-state index in [1.54, 1.807) is 18.0 Å². The molecule has 2 aromatic rings. The first-order valence-electron chi connectivity index (χ1n) is 5.54. The van der Waals surface area contributed by atoms with E-state index < -0.39 is 15.0 Å². The molecule has 0 spiro atoms. The molecule has 2 aromatic carbocycles. The Morgan fingerprint density at radius 1 is 1.05 bits per heavy atom. The Labute approximate surface area is 140 Å². The van der Waals surface area contributed by atoms with E-state index >= 15 is 0 Å². The first kappa shape index (κ1) is 17.0. The van der Waals surface area contributed by atoms with Gasteiger partial charge in [-0.2, -0.15) is 0 Å². The van der Waals surface area contributed by atoms with E-state index in [1.807, 2.05) is 30.3 Å². The molecule has 0 radical (unpaired) electrons. The maximum atomic E-state index is 11.1. The molecule has 0 heterocycles. The molecule has 2 rings (SSSR count). The second-order valence-corrected chi connectivity index (χ2v) is 5.42. The fraction of sp³-hybridized carbons (Fsp3) is 0.0769. The second kappa shape index (κ2) is 6.60. The van der Waals surface area contributed by atoms with Gasteiger partial charge in [-0.05, 0) is 30.3 Å². The van der Waals surface area contributed by atoms with E-state index in [2.05, 4.69) is 0 Å². The number of anilines is 3.